The quantitative estimate of drug-likeness (QED) is 0.195. The third kappa shape index (κ3) is 5.11. The highest BCUT2D eigenvalue weighted by Crippen LogP contribution is 2.16. The number of hydrogen-bond acceptors (Lipinski definition) is 4. The predicted molar refractivity (Wildman–Crippen MR) is 124 cm³/mol. The van der Waals surface area contributed by atoms with Gasteiger partial charge in [-0.2, -0.15) is 5.10 Å². The second kappa shape index (κ2) is 9.76. The summed E-state index contributed by atoms with van der Waals surface area (Å²) in [6.07, 6.45) is 5.26. The summed E-state index contributed by atoms with van der Waals surface area (Å²) in [5, 5.41) is 4.58. The summed E-state index contributed by atoms with van der Waals surface area (Å²) in [6, 6.07) is 24.3. The first-order valence-corrected chi connectivity index (χ1v) is 10.1. The van der Waals surface area contributed by atoms with Gasteiger partial charge in [0.1, 0.15) is 5.75 Å². The number of nitrogens with zero attached hydrogens (tertiary/aromatic N) is 2. The Hall–Kier alpha value is -4.16. The first kappa shape index (κ1) is 21.1. The molecule has 0 aliphatic heterocycles. The Morgan fingerprint density at radius 1 is 0.875 bits per heavy atom. The van der Waals surface area contributed by atoms with E-state index in [1.807, 2.05) is 41.2 Å². The van der Waals surface area contributed by atoms with Gasteiger partial charge in [-0.05, 0) is 78.4 Å². The number of para-hydroxylation sites is 1. The van der Waals surface area contributed by atoms with Gasteiger partial charge in [-0.3, -0.25) is 4.79 Å². The summed E-state index contributed by atoms with van der Waals surface area (Å²) in [5.41, 5.74) is 4.95. The Bertz CT molecular complexity index is 1250. The molecule has 7 heteroatoms. The van der Waals surface area contributed by atoms with Crippen molar-refractivity contribution in [1.82, 2.24) is 9.99 Å². The van der Waals surface area contributed by atoms with Crippen molar-refractivity contribution in [2.75, 3.05) is 0 Å². The fraction of sp³-hybridized carbons (Fsp3) is 0. The molecule has 0 saturated heterocycles. The Morgan fingerprint density at radius 3 is 2.28 bits per heavy atom. The number of carbonyl (C=O) groups excluding carboxylic acids is 2. The number of nitrogens with one attached hydrogen (secondary N) is 1. The highest BCUT2D eigenvalue weighted by Gasteiger charge is 2.11. The van der Waals surface area contributed by atoms with Crippen molar-refractivity contribution >= 4 is 29.7 Å². The molecule has 0 radical (unpaired) electrons. The molecular weight excluding hydrogens is 426 g/mol. The number of ether oxygens (including phenoxy) is 1. The van der Waals surface area contributed by atoms with E-state index < -0.39 is 5.97 Å². The van der Waals surface area contributed by atoms with E-state index in [-0.39, 0.29) is 5.91 Å². The van der Waals surface area contributed by atoms with Crippen LogP contribution < -0.4 is 10.2 Å². The van der Waals surface area contributed by atoms with Crippen LogP contribution in [-0.4, -0.2) is 22.7 Å². The van der Waals surface area contributed by atoms with Gasteiger partial charge in [0.05, 0.1) is 23.0 Å². The fourth-order valence-electron chi connectivity index (χ4n) is 2.99. The van der Waals surface area contributed by atoms with Crippen LogP contribution in [0.25, 0.3) is 5.69 Å². The number of rotatable bonds is 6. The minimum atomic E-state index is -0.475. The molecule has 0 fully saturated rings. The molecule has 1 aromatic heterocycles. The molecule has 1 heterocycles. The molecule has 158 valence electrons. The zero-order valence-electron chi connectivity index (χ0n) is 16.8. The molecule has 0 aliphatic rings. The molecule has 6 nitrogen and oxygen atoms in total. The summed E-state index contributed by atoms with van der Waals surface area (Å²) < 4.78 is 7.21. The zero-order valence-corrected chi connectivity index (χ0v) is 17.6. The first-order chi connectivity index (χ1) is 15.6. The maximum Gasteiger partial charge on any atom is 0.343 e. The lowest BCUT2D eigenvalue weighted by Crippen LogP contribution is -2.19. The second-order valence-corrected chi connectivity index (χ2v) is 7.21. The standard InChI is InChI=1S/C25H18ClN3O3/c26-20-11-9-19(10-12-20)25(31)32-21-13-7-18(8-14-21)17-27-28-24(30)22-5-1-2-6-23(22)29-15-3-4-16-29/h1-17H,(H,28,30)/b27-17+. The SMILES string of the molecule is O=C(Oc1ccc(/C=N/NC(=O)c2ccccc2-n2cccc2)cc1)c1ccc(Cl)cc1. The maximum atomic E-state index is 12.6. The number of hydrogen-bond donors (Lipinski definition) is 1. The second-order valence-electron chi connectivity index (χ2n) is 6.77. The monoisotopic (exact) mass is 443 g/mol. The van der Waals surface area contributed by atoms with Crippen molar-refractivity contribution in [3.8, 4) is 11.4 Å². The highest BCUT2D eigenvalue weighted by atomic mass is 35.5. The Balaban J connectivity index is 1.37. The smallest absolute Gasteiger partial charge is 0.343 e. The van der Waals surface area contributed by atoms with Crippen LogP contribution in [0.4, 0.5) is 0 Å². The van der Waals surface area contributed by atoms with Crippen LogP contribution in [0.5, 0.6) is 5.75 Å². The molecule has 0 atom stereocenters. The predicted octanol–water partition coefficient (Wildman–Crippen LogP) is 5.11. The Labute approximate surface area is 189 Å². The lowest BCUT2D eigenvalue weighted by Gasteiger charge is -2.09. The van der Waals surface area contributed by atoms with Crippen LogP contribution >= 0.6 is 11.6 Å². The van der Waals surface area contributed by atoms with Gasteiger partial charge < -0.3 is 9.30 Å². The normalized spacial score (nSPS) is 10.8. The van der Waals surface area contributed by atoms with Gasteiger partial charge in [0.25, 0.3) is 5.91 Å². The van der Waals surface area contributed by atoms with Crippen LogP contribution in [0.15, 0.2) is 102 Å². The van der Waals surface area contributed by atoms with E-state index in [2.05, 4.69) is 10.5 Å². The Morgan fingerprint density at radius 2 is 1.56 bits per heavy atom. The lowest BCUT2D eigenvalue weighted by atomic mass is 10.1. The van der Waals surface area contributed by atoms with Gasteiger partial charge in [-0.15, -0.1) is 0 Å². The molecule has 1 amide bonds. The van der Waals surface area contributed by atoms with E-state index in [1.54, 1.807) is 60.7 Å². The van der Waals surface area contributed by atoms with Gasteiger partial charge >= 0.3 is 5.97 Å². The van der Waals surface area contributed by atoms with Gasteiger partial charge in [0.15, 0.2) is 0 Å². The molecule has 0 unspecified atom stereocenters. The average molecular weight is 444 g/mol. The zero-order chi connectivity index (χ0) is 22.3. The molecule has 4 rings (SSSR count). The number of halogens is 1. The first-order valence-electron chi connectivity index (χ1n) is 9.74. The van der Waals surface area contributed by atoms with Crippen LogP contribution in [0, 0.1) is 0 Å². The maximum absolute atomic E-state index is 12.6. The number of hydrazone groups is 1. The minimum absolute atomic E-state index is 0.320. The third-order valence-electron chi connectivity index (χ3n) is 4.58. The summed E-state index contributed by atoms with van der Waals surface area (Å²) in [6.45, 7) is 0. The average Bonchev–Trinajstić information content (AvgIpc) is 3.35. The van der Waals surface area contributed by atoms with Crippen molar-refractivity contribution in [3.05, 3.63) is 119 Å². The van der Waals surface area contributed by atoms with Crippen molar-refractivity contribution in [2.45, 2.75) is 0 Å². The molecule has 0 aliphatic carbocycles. The van der Waals surface area contributed by atoms with E-state index in [9.17, 15) is 9.59 Å². The van der Waals surface area contributed by atoms with Gasteiger partial charge in [0.2, 0.25) is 0 Å². The van der Waals surface area contributed by atoms with Gasteiger partial charge in [0, 0.05) is 17.4 Å². The number of benzene rings is 3. The molecule has 0 bridgehead atoms. The number of esters is 1. The van der Waals surface area contributed by atoms with Crippen molar-refractivity contribution in [2.24, 2.45) is 5.10 Å². The molecular formula is C25H18ClN3O3. The van der Waals surface area contributed by atoms with Crippen LogP contribution in [0.1, 0.15) is 26.3 Å². The molecule has 0 spiro atoms. The van der Waals surface area contributed by atoms with Crippen molar-refractivity contribution in [3.63, 3.8) is 0 Å². The molecule has 3 aromatic carbocycles. The third-order valence-corrected chi connectivity index (χ3v) is 4.83. The summed E-state index contributed by atoms with van der Waals surface area (Å²) >= 11 is 5.83. The fourth-order valence-corrected chi connectivity index (χ4v) is 3.11. The molecule has 4 aromatic rings. The van der Waals surface area contributed by atoms with E-state index in [4.69, 9.17) is 16.3 Å². The number of amides is 1. The highest BCUT2D eigenvalue weighted by molar-refractivity contribution is 6.30. The molecule has 1 N–H and O–H groups in total. The summed E-state index contributed by atoms with van der Waals surface area (Å²) in [4.78, 5) is 24.7. The molecule has 0 saturated carbocycles. The van der Waals surface area contributed by atoms with Crippen molar-refractivity contribution in [1.29, 1.82) is 0 Å². The van der Waals surface area contributed by atoms with E-state index in [0.29, 0.717) is 21.9 Å². The summed E-state index contributed by atoms with van der Waals surface area (Å²) in [7, 11) is 0. The summed E-state index contributed by atoms with van der Waals surface area (Å²) in [5.74, 6) is -0.400. The van der Waals surface area contributed by atoms with Gasteiger partial charge in [-0.1, -0.05) is 23.7 Å². The van der Waals surface area contributed by atoms with Gasteiger partial charge in [-0.25, -0.2) is 10.2 Å². The topological polar surface area (TPSA) is 72.7 Å². The van der Waals surface area contributed by atoms with Crippen LogP contribution in [0.2, 0.25) is 5.02 Å². The lowest BCUT2D eigenvalue weighted by molar-refractivity contribution is 0.0734. The van der Waals surface area contributed by atoms with Crippen molar-refractivity contribution < 1.29 is 14.3 Å². The Kier molecular flexibility index (Phi) is 6.43. The number of carbonyl (C=O) groups is 2. The minimum Gasteiger partial charge on any atom is -0.423 e. The number of aromatic nitrogens is 1. The van der Waals surface area contributed by atoms with E-state index in [0.717, 1.165) is 11.3 Å². The van der Waals surface area contributed by atoms with Crippen LogP contribution in [0.3, 0.4) is 0 Å². The van der Waals surface area contributed by atoms with E-state index >= 15 is 0 Å². The largest absolute Gasteiger partial charge is 0.423 e. The van der Waals surface area contributed by atoms with E-state index in [1.165, 1.54) is 6.21 Å². The van der Waals surface area contributed by atoms with Crippen LogP contribution in [-0.2, 0) is 0 Å². The molecule has 32 heavy (non-hydrogen) atoms.